The molecule has 23 heavy (non-hydrogen) atoms. The number of carboxylic acid groups (broad SMARTS) is 1. The van der Waals surface area contributed by atoms with Crippen LogP contribution in [0.5, 0.6) is 0 Å². The van der Waals surface area contributed by atoms with Crippen LogP contribution in [0.2, 0.25) is 0 Å². The number of hydrogen-bond donors (Lipinski definition) is 2. The van der Waals surface area contributed by atoms with Crippen LogP contribution in [0.25, 0.3) is 5.52 Å². The molecular formula is C14H17N7O2. The fourth-order valence-electron chi connectivity index (χ4n) is 2.82. The summed E-state index contributed by atoms with van der Waals surface area (Å²) in [5, 5.41) is 31.9. The van der Waals surface area contributed by atoms with E-state index in [0.717, 1.165) is 17.5 Å². The van der Waals surface area contributed by atoms with Gasteiger partial charge in [0.05, 0.1) is 17.6 Å². The molecule has 0 saturated heterocycles. The number of aliphatic carboxylic acids is 1. The molecule has 0 amide bonds. The van der Waals surface area contributed by atoms with E-state index >= 15 is 0 Å². The Morgan fingerprint density at radius 2 is 2.30 bits per heavy atom. The van der Waals surface area contributed by atoms with E-state index in [2.05, 4.69) is 30.8 Å². The molecule has 3 rings (SSSR count). The minimum Gasteiger partial charge on any atom is -0.481 e. The zero-order valence-corrected chi connectivity index (χ0v) is 12.6. The first-order valence-electron chi connectivity index (χ1n) is 7.44. The zero-order valence-electron chi connectivity index (χ0n) is 12.6. The maximum absolute atomic E-state index is 11.7. The van der Waals surface area contributed by atoms with E-state index in [1.54, 1.807) is 12.4 Å². The van der Waals surface area contributed by atoms with Crippen molar-refractivity contribution in [1.82, 2.24) is 35.5 Å². The number of fused-ring (bicyclic) bond motifs is 1. The van der Waals surface area contributed by atoms with Gasteiger partial charge in [-0.2, -0.15) is 20.0 Å². The zero-order chi connectivity index (χ0) is 16.2. The molecule has 0 spiro atoms. The number of nitrogens with zero attached hydrogens (tertiary/aromatic N) is 6. The number of hydrogen-bond acceptors (Lipinski definition) is 6. The molecule has 3 aromatic heterocycles. The van der Waals surface area contributed by atoms with Gasteiger partial charge < -0.3 is 5.11 Å². The highest BCUT2D eigenvalue weighted by Crippen LogP contribution is 2.30. The minimum atomic E-state index is -0.851. The Kier molecular flexibility index (Phi) is 4.26. The van der Waals surface area contributed by atoms with Crippen LogP contribution in [-0.4, -0.2) is 46.5 Å². The van der Waals surface area contributed by atoms with Gasteiger partial charge in [0.2, 0.25) is 0 Å². The molecule has 0 aliphatic carbocycles. The van der Waals surface area contributed by atoms with Crippen LogP contribution in [0.4, 0.5) is 0 Å². The number of H-pyrrole nitrogens is 1. The molecule has 0 radical (unpaired) electrons. The lowest BCUT2D eigenvalue weighted by molar-refractivity contribution is -0.142. The van der Waals surface area contributed by atoms with Crippen molar-refractivity contribution in [3.8, 4) is 0 Å². The van der Waals surface area contributed by atoms with E-state index < -0.39 is 11.9 Å². The van der Waals surface area contributed by atoms with E-state index in [0.29, 0.717) is 18.7 Å². The average molecular weight is 315 g/mol. The standard InChI is InChI=1S/C14H17N7O2/c1-2-4-10(14(22)23)11(13-17-19-20-18-13)7-9-8-16-21-12(9)5-3-6-15-21/h3,5-6,8,10-11H,2,4,7H2,1H3,(H,22,23)(H,17,18,19,20). The van der Waals surface area contributed by atoms with E-state index in [9.17, 15) is 9.90 Å². The Bertz CT molecular complexity index is 783. The van der Waals surface area contributed by atoms with Gasteiger partial charge in [-0.1, -0.05) is 18.6 Å². The summed E-state index contributed by atoms with van der Waals surface area (Å²) in [4.78, 5) is 11.7. The lowest BCUT2D eigenvalue weighted by Gasteiger charge is -2.20. The van der Waals surface area contributed by atoms with Gasteiger partial charge in [-0.05, 0) is 25.0 Å². The molecule has 0 fully saturated rings. The van der Waals surface area contributed by atoms with Crippen molar-refractivity contribution >= 4 is 11.5 Å². The summed E-state index contributed by atoms with van der Waals surface area (Å²) in [6.45, 7) is 1.96. The molecule has 9 heteroatoms. The van der Waals surface area contributed by atoms with E-state index in [4.69, 9.17) is 0 Å². The third-order valence-corrected chi connectivity index (χ3v) is 3.92. The van der Waals surface area contributed by atoms with Crippen molar-refractivity contribution in [2.75, 3.05) is 0 Å². The van der Waals surface area contributed by atoms with Gasteiger partial charge in [-0.3, -0.25) is 4.79 Å². The van der Waals surface area contributed by atoms with Gasteiger partial charge in [0.15, 0.2) is 5.82 Å². The number of tetrazole rings is 1. The van der Waals surface area contributed by atoms with Gasteiger partial charge in [-0.25, -0.2) is 0 Å². The second-order valence-electron chi connectivity index (χ2n) is 5.38. The summed E-state index contributed by atoms with van der Waals surface area (Å²) in [6, 6.07) is 3.73. The van der Waals surface area contributed by atoms with Crippen LogP contribution < -0.4 is 0 Å². The van der Waals surface area contributed by atoms with Crippen molar-refractivity contribution < 1.29 is 9.90 Å². The van der Waals surface area contributed by atoms with Crippen LogP contribution >= 0.6 is 0 Å². The fourth-order valence-corrected chi connectivity index (χ4v) is 2.82. The molecule has 0 aliphatic heterocycles. The number of carboxylic acids is 1. The average Bonchev–Trinajstić information content (AvgIpc) is 3.20. The predicted molar refractivity (Wildman–Crippen MR) is 79.6 cm³/mol. The van der Waals surface area contributed by atoms with E-state index in [-0.39, 0.29) is 5.92 Å². The number of aromatic amines is 1. The highest BCUT2D eigenvalue weighted by atomic mass is 16.4. The normalized spacial score (nSPS) is 14.0. The van der Waals surface area contributed by atoms with Crippen LogP contribution in [0.3, 0.4) is 0 Å². The van der Waals surface area contributed by atoms with Gasteiger partial charge in [-0.15, -0.1) is 10.2 Å². The second kappa shape index (κ2) is 6.51. The predicted octanol–water partition coefficient (Wildman–Crippen LogP) is 1.07. The topological polar surface area (TPSA) is 122 Å². The fraction of sp³-hybridized carbons (Fsp3) is 0.429. The smallest absolute Gasteiger partial charge is 0.307 e. The molecule has 2 atom stereocenters. The largest absolute Gasteiger partial charge is 0.481 e. The third-order valence-electron chi connectivity index (χ3n) is 3.92. The number of rotatable bonds is 7. The summed E-state index contributed by atoms with van der Waals surface area (Å²) in [5.41, 5.74) is 1.76. The lowest BCUT2D eigenvalue weighted by atomic mass is 9.83. The number of carbonyl (C=O) groups is 1. The summed E-state index contributed by atoms with van der Waals surface area (Å²) in [5.74, 6) is -1.39. The Labute approximate surface area is 131 Å². The van der Waals surface area contributed by atoms with Gasteiger partial charge >= 0.3 is 5.97 Å². The molecule has 2 unspecified atom stereocenters. The quantitative estimate of drug-likeness (QED) is 0.668. The first-order valence-corrected chi connectivity index (χ1v) is 7.44. The van der Waals surface area contributed by atoms with Gasteiger partial charge in [0.25, 0.3) is 0 Å². The third kappa shape index (κ3) is 3.03. The number of nitrogens with one attached hydrogen (secondary N) is 1. The Morgan fingerprint density at radius 1 is 1.43 bits per heavy atom. The highest BCUT2D eigenvalue weighted by molar-refractivity contribution is 5.71. The second-order valence-corrected chi connectivity index (χ2v) is 5.38. The Hall–Kier alpha value is -2.84. The van der Waals surface area contributed by atoms with Crippen molar-refractivity contribution in [3.05, 3.63) is 35.9 Å². The molecule has 2 N–H and O–H groups in total. The maximum Gasteiger partial charge on any atom is 0.307 e. The van der Waals surface area contributed by atoms with Crippen LogP contribution in [0, 0.1) is 5.92 Å². The first-order chi connectivity index (χ1) is 11.2. The van der Waals surface area contributed by atoms with Crippen LogP contribution in [0.15, 0.2) is 24.5 Å². The van der Waals surface area contributed by atoms with Gasteiger partial charge in [0, 0.05) is 17.7 Å². The van der Waals surface area contributed by atoms with E-state index in [1.807, 2.05) is 19.1 Å². The first kappa shape index (κ1) is 15.1. The monoisotopic (exact) mass is 315 g/mol. The molecule has 0 aromatic carbocycles. The molecule has 0 bridgehead atoms. The molecule has 3 aromatic rings. The SMILES string of the molecule is CCCC(C(=O)O)C(Cc1cnn2ncccc12)c1nn[nH]n1. The summed E-state index contributed by atoms with van der Waals surface area (Å²) in [6.07, 6.45) is 5.14. The minimum absolute atomic E-state index is 0.376. The van der Waals surface area contributed by atoms with Crippen LogP contribution in [-0.2, 0) is 11.2 Å². The molecule has 0 saturated carbocycles. The van der Waals surface area contributed by atoms with Crippen LogP contribution in [0.1, 0.15) is 37.1 Å². The Morgan fingerprint density at radius 3 is 3.00 bits per heavy atom. The lowest BCUT2D eigenvalue weighted by Crippen LogP contribution is -2.25. The van der Waals surface area contributed by atoms with Crippen molar-refractivity contribution in [2.45, 2.75) is 32.1 Å². The molecule has 3 heterocycles. The summed E-state index contributed by atoms with van der Waals surface area (Å²) >= 11 is 0. The summed E-state index contributed by atoms with van der Waals surface area (Å²) < 4.78 is 1.53. The Balaban J connectivity index is 1.97. The summed E-state index contributed by atoms with van der Waals surface area (Å²) in [7, 11) is 0. The van der Waals surface area contributed by atoms with E-state index in [1.165, 1.54) is 4.63 Å². The molecular weight excluding hydrogens is 298 g/mol. The van der Waals surface area contributed by atoms with Crippen molar-refractivity contribution in [2.24, 2.45) is 5.92 Å². The molecule has 120 valence electrons. The van der Waals surface area contributed by atoms with Gasteiger partial charge in [0.1, 0.15) is 0 Å². The number of aromatic nitrogens is 7. The van der Waals surface area contributed by atoms with Crippen molar-refractivity contribution in [1.29, 1.82) is 0 Å². The maximum atomic E-state index is 11.7. The molecule has 9 nitrogen and oxygen atoms in total. The molecule has 0 aliphatic rings. The van der Waals surface area contributed by atoms with Crippen molar-refractivity contribution in [3.63, 3.8) is 0 Å². The highest BCUT2D eigenvalue weighted by Gasteiger charge is 2.32.